The summed E-state index contributed by atoms with van der Waals surface area (Å²) in [6, 6.07) is 4.28. The van der Waals surface area contributed by atoms with Gasteiger partial charge in [-0.1, -0.05) is 6.07 Å². The van der Waals surface area contributed by atoms with Crippen molar-refractivity contribution >= 4 is 0 Å². The minimum Gasteiger partial charge on any atom is -0.493 e. The van der Waals surface area contributed by atoms with Crippen molar-refractivity contribution in [2.75, 3.05) is 20.7 Å². The lowest BCUT2D eigenvalue weighted by molar-refractivity contribution is 0.0929. The summed E-state index contributed by atoms with van der Waals surface area (Å²) in [5, 5.41) is 0. The molecule has 3 heterocycles. The zero-order valence-electron chi connectivity index (χ0n) is 12.6. The maximum atomic E-state index is 6.41. The van der Waals surface area contributed by atoms with Crippen molar-refractivity contribution in [3.05, 3.63) is 23.3 Å². The highest BCUT2D eigenvalue weighted by Crippen LogP contribution is 2.62. The molecule has 5 rings (SSSR count). The molecule has 1 aromatic rings. The quantitative estimate of drug-likeness (QED) is 0.741. The minimum absolute atomic E-state index is 0.0624. The topological polar surface area (TPSA) is 34.2 Å². The van der Waals surface area contributed by atoms with Crippen LogP contribution in [0.25, 0.3) is 0 Å². The standard InChI is InChI=1S/C17H21NO3/c1-18-8-7-17-13(6-5-12-16(17)20-12)21-15-11(19-2)4-3-10(9-18)14(15)17/h3-4,12-13,16H,5-9H2,1-2H3/t12?,13-,16?,17+/m0/s1. The average Bonchev–Trinajstić information content (AvgIpc) is 3.22. The fraction of sp³-hybridized carbons (Fsp3) is 0.647. The van der Waals surface area contributed by atoms with E-state index >= 15 is 0 Å². The van der Waals surface area contributed by atoms with Gasteiger partial charge >= 0.3 is 0 Å². The van der Waals surface area contributed by atoms with E-state index in [4.69, 9.17) is 14.2 Å². The summed E-state index contributed by atoms with van der Waals surface area (Å²) in [6.45, 7) is 2.09. The Labute approximate surface area is 125 Å². The molecule has 0 aromatic heterocycles. The first-order valence-electron chi connectivity index (χ1n) is 7.95. The van der Waals surface area contributed by atoms with Crippen molar-refractivity contribution < 1.29 is 14.2 Å². The van der Waals surface area contributed by atoms with Gasteiger partial charge in [0.25, 0.3) is 0 Å². The van der Waals surface area contributed by atoms with Gasteiger partial charge in [0.05, 0.1) is 24.7 Å². The molecule has 1 spiro atoms. The van der Waals surface area contributed by atoms with E-state index in [1.165, 1.54) is 11.1 Å². The Bertz CT molecular complexity index is 616. The van der Waals surface area contributed by atoms with E-state index in [0.29, 0.717) is 12.2 Å². The molecule has 3 aliphatic heterocycles. The van der Waals surface area contributed by atoms with E-state index in [0.717, 1.165) is 43.9 Å². The number of hydrogen-bond acceptors (Lipinski definition) is 4. The summed E-state index contributed by atoms with van der Waals surface area (Å²) in [5.74, 6) is 1.87. The predicted molar refractivity (Wildman–Crippen MR) is 77.9 cm³/mol. The summed E-state index contributed by atoms with van der Waals surface area (Å²) >= 11 is 0. The van der Waals surface area contributed by atoms with Crippen molar-refractivity contribution in [2.24, 2.45) is 0 Å². The van der Waals surface area contributed by atoms with Gasteiger partial charge in [0.15, 0.2) is 11.5 Å². The van der Waals surface area contributed by atoms with E-state index < -0.39 is 0 Å². The van der Waals surface area contributed by atoms with Crippen LogP contribution in [0, 0.1) is 0 Å². The van der Waals surface area contributed by atoms with Crippen LogP contribution in [0.15, 0.2) is 12.1 Å². The van der Waals surface area contributed by atoms with Gasteiger partial charge < -0.3 is 19.1 Å². The summed E-state index contributed by atoms with van der Waals surface area (Å²) < 4.78 is 18.0. The van der Waals surface area contributed by atoms with Gasteiger partial charge in [-0.2, -0.15) is 0 Å². The van der Waals surface area contributed by atoms with Gasteiger partial charge in [-0.05, 0) is 44.5 Å². The van der Waals surface area contributed by atoms with Crippen molar-refractivity contribution in [3.8, 4) is 11.5 Å². The second-order valence-corrected chi connectivity index (χ2v) is 6.94. The molecule has 0 amide bonds. The molecule has 4 nitrogen and oxygen atoms in total. The molecular formula is C17H21NO3. The Morgan fingerprint density at radius 2 is 2.24 bits per heavy atom. The first-order chi connectivity index (χ1) is 10.2. The SMILES string of the molecule is COc1ccc2c3c1O[C@H]1CCC4OC4[C@@]31CCN(C)C2. The van der Waals surface area contributed by atoms with Crippen molar-refractivity contribution in [3.63, 3.8) is 0 Å². The molecule has 21 heavy (non-hydrogen) atoms. The zero-order chi connectivity index (χ0) is 14.2. The highest BCUT2D eigenvalue weighted by molar-refractivity contribution is 5.60. The third kappa shape index (κ3) is 1.42. The second-order valence-electron chi connectivity index (χ2n) is 6.94. The molecule has 2 unspecified atom stereocenters. The molecule has 0 radical (unpaired) electrons. The maximum Gasteiger partial charge on any atom is 0.165 e. The van der Waals surface area contributed by atoms with Crippen LogP contribution in [0.4, 0.5) is 0 Å². The van der Waals surface area contributed by atoms with Crippen LogP contribution in [0.2, 0.25) is 0 Å². The number of epoxide rings is 1. The van der Waals surface area contributed by atoms with Crippen molar-refractivity contribution in [1.29, 1.82) is 0 Å². The summed E-state index contributed by atoms with van der Waals surface area (Å²) in [7, 11) is 3.94. The Hall–Kier alpha value is -1.26. The fourth-order valence-electron chi connectivity index (χ4n) is 4.88. The Morgan fingerprint density at radius 3 is 3.10 bits per heavy atom. The molecule has 1 saturated carbocycles. The highest BCUT2D eigenvalue weighted by Gasteiger charge is 2.67. The van der Waals surface area contributed by atoms with Crippen LogP contribution >= 0.6 is 0 Å². The third-order valence-electron chi connectivity index (χ3n) is 5.88. The third-order valence-corrected chi connectivity index (χ3v) is 5.88. The molecule has 0 N–H and O–H groups in total. The van der Waals surface area contributed by atoms with Gasteiger partial charge in [0.1, 0.15) is 6.10 Å². The van der Waals surface area contributed by atoms with Crippen molar-refractivity contribution in [1.82, 2.24) is 4.90 Å². The molecule has 0 bridgehead atoms. The maximum absolute atomic E-state index is 6.41. The van der Waals surface area contributed by atoms with Gasteiger partial charge in [-0.15, -0.1) is 0 Å². The normalized spacial score (nSPS) is 39.6. The molecule has 1 aromatic carbocycles. The smallest absolute Gasteiger partial charge is 0.165 e. The van der Waals surface area contributed by atoms with E-state index in [-0.39, 0.29) is 11.5 Å². The van der Waals surface area contributed by atoms with Crippen LogP contribution in [-0.4, -0.2) is 43.9 Å². The van der Waals surface area contributed by atoms with E-state index in [1.54, 1.807) is 7.11 Å². The fourth-order valence-corrected chi connectivity index (χ4v) is 4.88. The van der Waals surface area contributed by atoms with Crippen molar-refractivity contribution in [2.45, 2.75) is 49.5 Å². The molecule has 1 aliphatic carbocycles. The van der Waals surface area contributed by atoms with Gasteiger partial charge in [0.2, 0.25) is 0 Å². The Balaban J connectivity index is 1.77. The van der Waals surface area contributed by atoms with E-state index in [9.17, 15) is 0 Å². The number of benzene rings is 1. The molecule has 2 fully saturated rings. The highest BCUT2D eigenvalue weighted by atomic mass is 16.6. The molecule has 4 heteroatoms. The Kier molecular flexibility index (Phi) is 2.30. The number of rotatable bonds is 1. The lowest BCUT2D eigenvalue weighted by atomic mass is 9.66. The van der Waals surface area contributed by atoms with Crippen LogP contribution < -0.4 is 9.47 Å². The first-order valence-corrected chi connectivity index (χ1v) is 7.95. The largest absolute Gasteiger partial charge is 0.493 e. The number of ether oxygens (including phenoxy) is 3. The monoisotopic (exact) mass is 287 g/mol. The molecule has 112 valence electrons. The zero-order valence-corrected chi connectivity index (χ0v) is 12.6. The Morgan fingerprint density at radius 1 is 1.33 bits per heavy atom. The van der Waals surface area contributed by atoms with Crippen LogP contribution in [0.5, 0.6) is 11.5 Å². The molecule has 1 saturated heterocycles. The average molecular weight is 287 g/mol. The first kappa shape index (κ1) is 12.3. The molecule has 4 atom stereocenters. The lowest BCUT2D eigenvalue weighted by Crippen LogP contribution is -2.47. The van der Waals surface area contributed by atoms with Gasteiger partial charge in [0, 0.05) is 12.1 Å². The molecule has 4 aliphatic rings. The van der Waals surface area contributed by atoms with Gasteiger partial charge in [-0.3, -0.25) is 0 Å². The lowest BCUT2D eigenvalue weighted by Gasteiger charge is -2.35. The predicted octanol–water partition coefficient (Wildman–Crippen LogP) is 2.09. The number of fused-ring (bicyclic) bond motifs is 1. The summed E-state index contributed by atoms with van der Waals surface area (Å²) in [5.41, 5.74) is 2.85. The van der Waals surface area contributed by atoms with Crippen LogP contribution in [0.3, 0.4) is 0 Å². The summed E-state index contributed by atoms with van der Waals surface area (Å²) in [6.07, 6.45) is 4.44. The van der Waals surface area contributed by atoms with E-state index in [1.807, 2.05) is 0 Å². The van der Waals surface area contributed by atoms with Crippen LogP contribution in [-0.2, 0) is 16.7 Å². The molecular weight excluding hydrogens is 266 g/mol. The summed E-state index contributed by atoms with van der Waals surface area (Å²) in [4.78, 5) is 2.41. The number of nitrogens with zero attached hydrogens (tertiary/aromatic N) is 1. The number of hydrogen-bond donors (Lipinski definition) is 0. The van der Waals surface area contributed by atoms with Crippen LogP contribution in [0.1, 0.15) is 30.4 Å². The van der Waals surface area contributed by atoms with Gasteiger partial charge in [-0.25, -0.2) is 0 Å². The minimum atomic E-state index is 0.0624. The van der Waals surface area contributed by atoms with E-state index in [2.05, 4.69) is 24.1 Å². The number of methoxy groups -OCH3 is 1. The second kappa shape index (κ2) is 3.93.